The van der Waals surface area contributed by atoms with Gasteiger partial charge in [-0.3, -0.25) is 0 Å². The molecule has 1 unspecified atom stereocenters. The SMILES string of the molecule is CCNCC(C)COc1cccc(S(C)(=O)=O)c1. The lowest BCUT2D eigenvalue weighted by Crippen LogP contribution is -2.24. The van der Waals surface area contributed by atoms with E-state index < -0.39 is 9.84 Å². The highest BCUT2D eigenvalue weighted by Gasteiger charge is 2.08. The van der Waals surface area contributed by atoms with Crippen molar-refractivity contribution in [2.75, 3.05) is 26.0 Å². The number of rotatable bonds is 7. The van der Waals surface area contributed by atoms with Gasteiger partial charge in [0.1, 0.15) is 5.75 Å². The molecule has 0 radical (unpaired) electrons. The Hall–Kier alpha value is -1.07. The van der Waals surface area contributed by atoms with Gasteiger partial charge in [-0.15, -0.1) is 0 Å². The van der Waals surface area contributed by atoms with Crippen LogP contribution in [0, 0.1) is 5.92 Å². The van der Waals surface area contributed by atoms with Gasteiger partial charge in [-0.05, 0) is 24.7 Å². The predicted molar refractivity (Wildman–Crippen MR) is 72.8 cm³/mol. The van der Waals surface area contributed by atoms with E-state index in [0.717, 1.165) is 13.1 Å². The third-order valence-corrected chi connectivity index (χ3v) is 3.62. The van der Waals surface area contributed by atoms with Crippen LogP contribution in [0.5, 0.6) is 5.75 Å². The maximum absolute atomic E-state index is 11.4. The fourth-order valence-electron chi connectivity index (χ4n) is 1.48. The van der Waals surface area contributed by atoms with Gasteiger partial charge in [-0.1, -0.05) is 19.9 Å². The maximum atomic E-state index is 11.4. The third-order valence-electron chi connectivity index (χ3n) is 2.51. The molecule has 1 aromatic carbocycles. The van der Waals surface area contributed by atoms with Gasteiger partial charge in [-0.25, -0.2) is 8.42 Å². The second-order valence-corrected chi connectivity index (χ2v) is 6.49. The van der Waals surface area contributed by atoms with Crippen LogP contribution in [-0.2, 0) is 9.84 Å². The maximum Gasteiger partial charge on any atom is 0.175 e. The summed E-state index contributed by atoms with van der Waals surface area (Å²) in [6.07, 6.45) is 1.19. The number of sulfone groups is 1. The molecule has 1 rings (SSSR count). The molecule has 4 nitrogen and oxygen atoms in total. The van der Waals surface area contributed by atoms with Crippen molar-refractivity contribution in [1.29, 1.82) is 0 Å². The zero-order valence-corrected chi connectivity index (χ0v) is 12.0. The lowest BCUT2D eigenvalue weighted by atomic mass is 10.2. The Morgan fingerprint density at radius 3 is 2.72 bits per heavy atom. The van der Waals surface area contributed by atoms with Gasteiger partial charge in [-0.2, -0.15) is 0 Å². The first-order chi connectivity index (χ1) is 8.43. The second-order valence-electron chi connectivity index (χ2n) is 4.47. The minimum Gasteiger partial charge on any atom is -0.493 e. The molecule has 0 fully saturated rings. The Morgan fingerprint density at radius 2 is 2.11 bits per heavy atom. The van der Waals surface area contributed by atoms with Crippen molar-refractivity contribution in [2.24, 2.45) is 5.92 Å². The molecule has 0 aliphatic heterocycles. The first-order valence-electron chi connectivity index (χ1n) is 6.07. The number of ether oxygens (including phenoxy) is 1. The summed E-state index contributed by atoms with van der Waals surface area (Å²) in [5.74, 6) is 0.980. The zero-order valence-electron chi connectivity index (χ0n) is 11.1. The normalized spacial score (nSPS) is 13.3. The van der Waals surface area contributed by atoms with E-state index in [9.17, 15) is 8.42 Å². The van der Waals surface area contributed by atoms with E-state index in [4.69, 9.17) is 4.74 Å². The molecule has 1 N–H and O–H groups in total. The minimum absolute atomic E-state index is 0.291. The highest BCUT2D eigenvalue weighted by molar-refractivity contribution is 7.90. The van der Waals surface area contributed by atoms with Gasteiger partial charge in [0.2, 0.25) is 0 Å². The van der Waals surface area contributed by atoms with Gasteiger partial charge < -0.3 is 10.1 Å². The number of hydrogen-bond donors (Lipinski definition) is 1. The molecule has 0 saturated heterocycles. The van der Waals surface area contributed by atoms with E-state index in [-0.39, 0.29) is 0 Å². The van der Waals surface area contributed by atoms with Crippen LogP contribution in [0.2, 0.25) is 0 Å². The Labute approximate surface area is 109 Å². The van der Waals surface area contributed by atoms with Crippen LogP contribution in [0.4, 0.5) is 0 Å². The van der Waals surface area contributed by atoms with E-state index in [2.05, 4.69) is 19.2 Å². The topological polar surface area (TPSA) is 55.4 Å². The molecule has 102 valence electrons. The molecule has 0 amide bonds. The van der Waals surface area contributed by atoms with Crippen molar-refractivity contribution in [1.82, 2.24) is 5.32 Å². The van der Waals surface area contributed by atoms with Gasteiger partial charge in [0.15, 0.2) is 9.84 Å². The monoisotopic (exact) mass is 271 g/mol. The zero-order chi connectivity index (χ0) is 13.6. The van der Waals surface area contributed by atoms with Crippen LogP contribution in [-0.4, -0.2) is 34.4 Å². The molecule has 0 spiro atoms. The average molecular weight is 271 g/mol. The summed E-state index contributed by atoms with van der Waals surface area (Å²) in [7, 11) is -3.17. The van der Waals surface area contributed by atoms with Crippen LogP contribution in [0.3, 0.4) is 0 Å². The van der Waals surface area contributed by atoms with Crippen molar-refractivity contribution in [3.8, 4) is 5.75 Å². The van der Waals surface area contributed by atoms with Gasteiger partial charge in [0, 0.05) is 18.7 Å². The first-order valence-corrected chi connectivity index (χ1v) is 7.96. The molecule has 1 atom stereocenters. The number of hydrogen-bond acceptors (Lipinski definition) is 4. The van der Waals surface area contributed by atoms with E-state index in [1.807, 2.05) is 0 Å². The second kappa shape index (κ2) is 6.75. The summed E-state index contributed by atoms with van der Waals surface area (Å²) in [5, 5.41) is 3.24. The summed E-state index contributed by atoms with van der Waals surface area (Å²) >= 11 is 0. The molecule has 0 aliphatic rings. The molecule has 0 aliphatic carbocycles. The number of benzene rings is 1. The molecular formula is C13H21NO3S. The van der Waals surface area contributed by atoms with Crippen LogP contribution >= 0.6 is 0 Å². The quantitative estimate of drug-likeness (QED) is 0.820. The molecular weight excluding hydrogens is 250 g/mol. The van der Waals surface area contributed by atoms with Gasteiger partial charge in [0.05, 0.1) is 11.5 Å². The molecule has 0 heterocycles. The Kier molecular flexibility index (Phi) is 5.62. The first kappa shape index (κ1) is 15.0. The van der Waals surface area contributed by atoms with Crippen LogP contribution in [0.1, 0.15) is 13.8 Å². The molecule has 18 heavy (non-hydrogen) atoms. The Balaban J connectivity index is 2.58. The lowest BCUT2D eigenvalue weighted by Gasteiger charge is -2.13. The summed E-state index contributed by atoms with van der Waals surface area (Å²) < 4.78 is 28.4. The van der Waals surface area contributed by atoms with E-state index in [1.54, 1.807) is 24.3 Å². The molecule has 0 saturated carbocycles. The third kappa shape index (κ3) is 5.06. The van der Waals surface area contributed by atoms with Gasteiger partial charge >= 0.3 is 0 Å². The van der Waals surface area contributed by atoms with Crippen molar-refractivity contribution < 1.29 is 13.2 Å². The summed E-state index contributed by atoms with van der Waals surface area (Å²) in [6.45, 7) is 6.54. The van der Waals surface area contributed by atoms with E-state index >= 15 is 0 Å². The van der Waals surface area contributed by atoms with Crippen molar-refractivity contribution in [2.45, 2.75) is 18.7 Å². The molecule has 0 bridgehead atoms. The van der Waals surface area contributed by atoms with Crippen LogP contribution < -0.4 is 10.1 Å². The van der Waals surface area contributed by atoms with Crippen molar-refractivity contribution in [3.63, 3.8) is 0 Å². The largest absolute Gasteiger partial charge is 0.493 e. The number of nitrogens with one attached hydrogen (secondary N) is 1. The minimum atomic E-state index is -3.17. The lowest BCUT2D eigenvalue weighted by molar-refractivity contribution is 0.256. The predicted octanol–water partition coefficient (Wildman–Crippen LogP) is 1.71. The highest BCUT2D eigenvalue weighted by atomic mass is 32.2. The molecule has 0 aromatic heterocycles. The van der Waals surface area contributed by atoms with E-state index in [0.29, 0.717) is 23.2 Å². The van der Waals surface area contributed by atoms with Crippen LogP contribution in [0.25, 0.3) is 0 Å². The fraction of sp³-hybridized carbons (Fsp3) is 0.538. The molecule has 5 heteroatoms. The summed E-state index contributed by atoms with van der Waals surface area (Å²) in [6, 6.07) is 6.61. The average Bonchev–Trinajstić information content (AvgIpc) is 2.33. The van der Waals surface area contributed by atoms with Crippen LogP contribution in [0.15, 0.2) is 29.2 Å². The van der Waals surface area contributed by atoms with Gasteiger partial charge in [0.25, 0.3) is 0 Å². The highest BCUT2D eigenvalue weighted by Crippen LogP contribution is 2.17. The Bertz CT molecular complexity index is 471. The van der Waals surface area contributed by atoms with Crippen molar-refractivity contribution >= 4 is 9.84 Å². The summed E-state index contributed by atoms with van der Waals surface area (Å²) in [4.78, 5) is 0.291. The summed E-state index contributed by atoms with van der Waals surface area (Å²) in [5.41, 5.74) is 0. The molecule has 1 aromatic rings. The fourth-order valence-corrected chi connectivity index (χ4v) is 2.14. The smallest absolute Gasteiger partial charge is 0.175 e. The van der Waals surface area contributed by atoms with Crippen molar-refractivity contribution in [3.05, 3.63) is 24.3 Å². The Morgan fingerprint density at radius 1 is 1.39 bits per heavy atom. The van der Waals surface area contributed by atoms with E-state index in [1.165, 1.54) is 6.26 Å². The standard InChI is InChI=1S/C13H21NO3S/c1-4-14-9-11(2)10-17-12-6-5-7-13(8-12)18(3,15)16/h5-8,11,14H,4,9-10H2,1-3H3.